The lowest BCUT2D eigenvalue weighted by atomic mass is 9.90. The molecule has 0 aliphatic carbocycles. The summed E-state index contributed by atoms with van der Waals surface area (Å²) < 4.78 is 10.6. The van der Waals surface area contributed by atoms with Crippen LogP contribution in [-0.4, -0.2) is 58.3 Å². The molecule has 0 radical (unpaired) electrons. The third-order valence-electron chi connectivity index (χ3n) is 13.6. The molecule has 12 rings (SSSR count). The summed E-state index contributed by atoms with van der Waals surface area (Å²) in [6.45, 7) is 3.36. The maximum atomic E-state index is 12.3. The average molecular weight is 1040 g/mol. The zero-order valence-corrected chi connectivity index (χ0v) is 43.1. The molecule has 10 aromatic rings. The first kappa shape index (κ1) is 51.4. The Morgan fingerprint density at radius 2 is 1.04 bits per heavy atom. The first-order valence-electron chi connectivity index (χ1n) is 25.8. The minimum Gasteiger partial charge on any atom is -0.445 e. The first-order chi connectivity index (χ1) is 37.9. The van der Waals surface area contributed by atoms with Crippen molar-refractivity contribution in [2.45, 2.75) is 37.9 Å². The molecule has 0 saturated carbocycles. The first-order valence-corrected chi connectivity index (χ1v) is 26.2. The fraction of sp³-hybridized carbons (Fsp3) is 0.156. The molecule has 0 spiro atoms. The normalized spacial score (nSPS) is 14.2. The molecular formula is C64H57ClN8O4. The Kier molecular flexibility index (Phi) is 16.9. The van der Waals surface area contributed by atoms with Crippen molar-refractivity contribution in [2.24, 2.45) is 0 Å². The maximum Gasteiger partial charge on any atom is 0.407 e. The third kappa shape index (κ3) is 13.6. The van der Waals surface area contributed by atoms with Gasteiger partial charge in [0.05, 0.1) is 11.4 Å². The minimum absolute atomic E-state index is 0.176. The van der Waals surface area contributed by atoms with Gasteiger partial charge in [-0.05, 0) is 105 Å². The summed E-state index contributed by atoms with van der Waals surface area (Å²) in [5.74, 6) is 1.19. The van der Waals surface area contributed by atoms with Crippen molar-refractivity contribution in [3.8, 4) is 22.5 Å². The predicted molar refractivity (Wildman–Crippen MR) is 307 cm³/mol. The molecular weight excluding hydrogens is 980 g/mol. The Morgan fingerprint density at radius 3 is 1.65 bits per heavy atom. The van der Waals surface area contributed by atoms with Crippen molar-refractivity contribution in [1.82, 2.24) is 30.6 Å². The molecule has 8 aromatic carbocycles. The molecule has 2 aliphatic heterocycles. The van der Waals surface area contributed by atoms with E-state index in [1.54, 1.807) is 6.20 Å². The smallest absolute Gasteiger partial charge is 0.407 e. The van der Waals surface area contributed by atoms with Gasteiger partial charge in [-0.1, -0.05) is 170 Å². The minimum atomic E-state index is -0.403. The highest BCUT2D eigenvalue weighted by Crippen LogP contribution is 2.38. The number of para-hydroxylation sites is 2. The van der Waals surface area contributed by atoms with Gasteiger partial charge in [0.25, 0.3) is 0 Å². The molecule has 2 aliphatic rings. The van der Waals surface area contributed by atoms with Gasteiger partial charge < -0.3 is 30.3 Å². The molecule has 13 heteroatoms. The Morgan fingerprint density at radius 1 is 0.532 bits per heavy atom. The number of rotatable bonds is 11. The lowest BCUT2D eigenvalue weighted by Crippen LogP contribution is -2.35. The van der Waals surface area contributed by atoms with E-state index in [0.29, 0.717) is 31.6 Å². The number of hydrogen-bond donors (Lipinski definition) is 3. The molecule has 2 aromatic heterocycles. The van der Waals surface area contributed by atoms with Crippen LogP contribution in [0.15, 0.2) is 219 Å². The Hall–Kier alpha value is -9.13. The molecule has 0 saturated heterocycles. The van der Waals surface area contributed by atoms with Crippen LogP contribution in [0.3, 0.4) is 0 Å². The van der Waals surface area contributed by atoms with E-state index in [9.17, 15) is 9.59 Å². The highest BCUT2D eigenvalue weighted by molar-refractivity contribution is 6.28. The fourth-order valence-corrected chi connectivity index (χ4v) is 9.76. The quantitative estimate of drug-likeness (QED) is 0.107. The van der Waals surface area contributed by atoms with Crippen molar-refractivity contribution in [3.63, 3.8) is 0 Å². The van der Waals surface area contributed by atoms with Gasteiger partial charge in [-0.3, -0.25) is 0 Å². The highest BCUT2D eigenvalue weighted by atomic mass is 35.5. The van der Waals surface area contributed by atoms with Crippen molar-refractivity contribution in [1.29, 1.82) is 0 Å². The Labute approximate surface area is 453 Å². The summed E-state index contributed by atoms with van der Waals surface area (Å²) in [5.41, 5.74) is 10.5. The molecule has 12 nitrogen and oxygen atoms in total. The number of fused-ring (bicyclic) bond motifs is 4. The molecule has 2 unspecified atom stereocenters. The highest BCUT2D eigenvalue weighted by Gasteiger charge is 2.28. The number of carbonyl (C=O) groups excluding carboxylic acids is 2. The van der Waals surface area contributed by atoms with Gasteiger partial charge in [-0.25, -0.2) is 29.5 Å². The van der Waals surface area contributed by atoms with Crippen LogP contribution in [0.1, 0.15) is 46.9 Å². The number of nitrogens with one attached hydrogen (secondary N) is 3. The zero-order valence-electron chi connectivity index (χ0n) is 42.3. The van der Waals surface area contributed by atoms with Crippen LogP contribution in [0.2, 0.25) is 5.28 Å². The van der Waals surface area contributed by atoms with Crippen molar-refractivity contribution < 1.29 is 19.1 Å². The molecule has 0 fully saturated rings. The van der Waals surface area contributed by atoms with Gasteiger partial charge in [0.15, 0.2) is 0 Å². The average Bonchev–Trinajstić information content (AvgIpc) is 3.50. The second kappa shape index (κ2) is 25.4. The summed E-state index contributed by atoms with van der Waals surface area (Å²) in [7, 11) is 0. The fourth-order valence-electron chi connectivity index (χ4n) is 9.62. The lowest BCUT2D eigenvalue weighted by molar-refractivity contribution is 0.138. The number of carbonyl (C=O) groups is 2. The topological polar surface area (TPSA) is 143 Å². The number of halogens is 1. The van der Waals surface area contributed by atoms with E-state index in [2.05, 4.69) is 127 Å². The Bertz CT molecular complexity index is 3590. The van der Waals surface area contributed by atoms with Crippen LogP contribution in [0.5, 0.6) is 0 Å². The summed E-state index contributed by atoms with van der Waals surface area (Å²) in [4.78, 5) is 44.0. The van der Waals surface area contributed by atoms with Crippen molar-refractivity contribution in [2.75, 3.05) is 36.4 Å². The number of ether oxygens (including phenoxy) is 2. The number of nitrogens with zero attached hydrogens (tertiary/aromatic N) is 5. The molecule has 4 heterocycles. The van der Waals surface area contributed by atoms with E-state index in [4.69, 9.17) is 26.1 Å². The molecule has 0 bridgehead atoms. The van der Waals surface area contributed by atoms with E-state index in [-0.39, 0.29) is 23.9 Å². The number of anilines is 3. The van der Waals surface area contributed by atoms with E-state index < -0.39 is 6.09 Å². The van der Waals surface area contributed by atoms with E-state index in [1.165, 1.54) is 38.4 Å². The predicted octanol–water partition coefficient (Wildman–Crippen LogP) is 14.3. The van der Waals surface area contributed by atoms with Crippen molar-refractivity contribution in [3.05, 3.63) is 246 Å². The van der Waals surface area contributed by atoms with Crippen LogP contribution in [-0.2, 0) is 22.7 Å². The van der Waals surface area contributed by atoms with Crippen LogP contribution in [0, 0.1) is 0 Å². The van der Waals surface area contributed by atoms with Gasteiger partial charge in [-0.2, -0.15) is 0 Å². The second-order valence-corrected chi connectivity index (χ2v) is 19.0. The number of benzene rings is 8. The largest absolute Gasteiger partial charge is 0.445 e. The molecule has 3 N–H and O–H groups in total. The molecule has 384 valence electrons. The summed E-state index contributed by atoms with van der Waals surface area (Å²) >= 11 is 5.79. The summed E-state index contributed by atoms with van der Waals surface area (Å²) in [5, 5.41) is 14.3. The maximum absolute atomic E-state index is 12.3. The number of aromatic nitrogens is 4. The van der Waals surface area contributed by atoms with Crippen LogP contribution in [0.25, 0.3) is 44.1 Å². The number of amides is 2. The van der Waals surface area contributed by atoms with Gasteiger partial charge >= 0.3 is 12.2 Å². The van der Waals surface area contributed by atoms with Gasteiger partial charge in [-0.15, -0.1) is 0 Å². The van der Waals surface area contributed by atoms with Crippen molar-refractivity contribution >= 4 is 62.7 Å². The standard InChI is InChI=1S/C32H28N4O2.C18H20N2O2.C14H9ClN2/c37-32(38-22-23-8-2-1-3-9-23)34-21-27-17-19-36(30-13-7-6-12-28(27)30)31-33-18-16-29(35-31)26-15-14-24-10-4-5-11-25(24)20-26;21-18(22-13-14-6-2-1-3-7-14)20-12-15-10-11-19-17-9-5-4-8-16(15)17;15-14-16-8-7-13(17-14)12-6-5-10-3-1-2-4-11(10)9-12/h1-16,18,20,27H,17,19,21-22H2,(H,34,37);1-9,15,19H,10-13H2,(H,20,21);1-9H. The van der Waals surface area contributed by atoms with E-state index >= 15 is 0 Å². The van der Waals surface area contributed by atoms with Crippen LogP contribution in [0.4, 0.5) is 26.9 Å². The van der Waals surface area contributed by atoms with Gasteiger partial charge in [0.2, 0.25) is 11.2 Å². The second-order valence-electron chi connectivity index (χ2n) is 18.7. The van der Waals surface area contributed by atoms with Gasteiger partial charge in [0.1, 0.15) is 13.2 Å². The Balaban J connectivity index is 0.000000145. The number of hydrogen-bond acceptors (Lipinski definition) is 10. The molecule has 2 atom stereocenters. The number of alkyl carbamates (subject to hydrolysis) is 2. The van der Waals surface area contributed by atoms with E-state index in [1.807, 2.05) is 121 Å². The van der Waals surface area contributed by atoms with Crippen LogP contribution < -0.4 is 20.9 Å². The van der Waals surface area contributed by atoms with Gasteiger partial charge in [0, 0.05) is 72.9 Å². The monoisotopic (exact) mass is 1040 g/mol. The molecule has 2 amide bonds. The van der Waals surface area contributed by atoms with Crippen LogP contribution >= 0.6 is 11.6 Å². The van der Waals surface area contributed by atoms with E-state index in [0.717, 1.165) is 65.3 Å². The third-order valence-corrected chi connectivity index (χ3v) is 13.8. The lowest BCUT2D eigenvalue weighted by Gasteiger charge is -2.34. The summed E-state index contributed by atoms with van der Waals surface area (Å²) in [6, 6.07) is 68.9. The molecule has 77 heavy (non-hydrogen) atoms. The SMILES string of the molecule is Clc1nccc(-c2ccc3ccccc3c2)n1.O=C(NCC1CCN(c2nccc(-c3ccc4ccccc4c3)n2)c2ccccc21)OCc1ccccc1.O=C(NCC1CCNc2ccccc21)OCc1ccccc1. The summed E-state index contributed by atoms with van der Waals surface area (Å²) in [6.07, 6.45) is 4.60. The zero-order chi connectivity index (χ0) is 52.6.